The third-order valence-corrected chi connectivity index (χ3v) is 2.26. The number of aromatic nitrogens is 2. The molecule has 1 aromatic carbocycles. The first-order chi connectivity index (χ1) is 7.95. The monoisotopic (exact) mass is 241 g/mol. The van der Waals surface area contributed by atoms with Gasteiger partial charge in [-0.25, -0.2) is 0 Å². The van der Waals surface area contributed by atoms with Gasteiger partial charge in [0.2, 0.25) is 0 Å². The zero-order valence-corrected chi connectivity index (χ0v) is 8.78. The van der Waals surface area contributed by atoms with E-state index in [2.05, 4.69) is 5.10 Å². The summed E-state index contributed by atoms with van der Waals surface area (Å²) in [6.07, 6.45) is -2.70. The van der Waals surface area contributed by atoms with E-state index in [0.717, 1.165) is 12.1 Å². The Bertz CT molecular complexity index is 517. The SMILES string of the molecule is Nc1ccn(Cc2cccc(C(F)(F)F)c2)n1. The number of nitrogens with two attached hydrogens (primary N) is 1. The maximum Gasteiger partial charge on any atom is 0.416 e. The number of anilines is 1. The fourth-order valence-electron chi connectivity index (χ4n) is 1.50. The van der Waals surface area contributed by atoms with Crippen molar-refractivity contribution in [2.75, 3.05) is 5.73 Å². The van der Waals surface area contributed by atoms with E-state index in [4.69, 9.17) is 5.73 Å². The van der Waals surface area contributed by atoms with E-state index in [1.807, 2.05) is 0 Å². The van der Waals surface area contributed by atoms with Crippen molar-refractivity contribution in [1.82, 2.24) is 9.78 Å². The van der Waals surface area contributed by atoms with Crippen LogP contribution >= 0.6 is 0 Å². The van der Waals surface area contributed by atoms with Crippen molar-refractivity contribution in [2.45, 2.75) is 12.7 Å². The molecule has 0 unspecified atom stereocenters. The van der Waals surface area contributed by atoms with Crippen LogP contribution in [0.4, 0.5) is 19.0 Å². The Morgan fingerprint density at radius 3 is 2.59 bits per heavy atom. The van der Waals surface area contributed by atoms with E-state index in [9.17, 15) is 13.2 Å². The molecule has 2 N–H and O–H groups in total. The topological polar surface area (TPSA) is 43.8 Å². The number of nitrogen functional groups attached to an aromatic ring is 1. The van der Waals surface area contributed by atoms with Gasteiger partial charge in [0.1, 0.15) is 5.82 Å². The zero-order valence-electron chi connectivity index (χ0n) is 8.78. The molecule has 0 spiro atoms. The first kappa shape index (κ1) is 11.5. The highest BCUT2D eigenvalue weighted by atomic mass is 19.4. The van der Waals surface area contributed by atoms with Crippen molar-refractivity contribution in [1.29, 1.82) is 0 Å². The van der Waals surface area contributed by atoms with Crippen LogP contribution < -0.4 is 5.73 Å². The van der Waals surface area contributed by atoms with Gasteiger partial charge in [-0.05, 0) is 23.8 Å². The van der Waals surface area contributed by atoms with Crippen molar-refractivity contribution in [3.8, 4) is 0 Å². The number of halogens is 3. The summed E-state index contributed by atoms with van der Waals surface area (Å²) in [4.78, 5) is 0. The van der Waals surface area contributed by atoms with Crippen molar-refractivity contribution in [3.05, 3.63) is 47.7 Å². The molecule has 0 fully saturated rings. The van der Waals surface area contributed by atoms with E-state index >= 15 is 0 Å². The number of alkyl halides is 3. The van der Waals surface area contributed by atoms with E-state index in [0.29, 0.717) is 11.4 Å². The highest BCUT2D eigenvalue weighted by Gasteiger charge is 2.30. The second-order valence-corrected chi connectivity index (χ2v) is 3.64. The molecule has 0 amide bonds. The average molecular weight is 241 g/mol. The fourth-order valence-corrected chi connectivity index (χ4v) is 1.50. The Morgan fingerprint density at radius 2 is 2.00 bits per heavy atom. The molecule has 0 aliphatic rings. The van der Waals surface area contributed by atoms with Crippen LogP contribution in [0.25, 0.3) is 0 Å². The molecule has 17 heavy (non-hydrogen) atoms. The predicted octanol–water partition coefficient (Wildman–Crippen LogP) is 2.53. The molecule has 0 saturated carbocycles. The Labute approximate surface area is 95.7 Å². The van der Waals surface area contributed by atoms with Crippen LogP contribution in [0.3, 0.4) is 0 Å². The third kappa shape index (κ3) is 2.77. The van der Waals surface area contributed by atoms with Gasteiger partial charge >= 0.3 is 6.18 Å². The van der Waals surface area contributed by atoms with Crippen molar-refractivity contribution in [2.24, 2.45) is 0 Å². The summed E-state index contributed by atoms with van der Waals surface area (Å²) in [7, 11) is 0. The van der Waals surface area contributed by atoms with Gasteiger partial charge in [-0.2, -0.15) is 18.3 Å². The Hall–Kier alpha value is -1.98. The molecule has 0 bridgehead atoms. The Morgan fingerprint density at radius 1 is 1.24 bits per heavy atom. The second kappa shape index (κ2) is 4.12. The second-order valence-electron chi connectivity index (χ2n) is 3.64. The maximum absolute atomic E-state index is 12.5. The van der Waals surface area contributed by atoms with Crippen LogP contribution in [0, 0.1) is 0 Å². The summed E-state index contributed by atoms with van der Waals surface area (Å²) >= 11 is 0. The fraction of sp³-hybridized carbons (Fsp3) is 0.182. The lowest BCUT2D eigenvalue weighted by Crippen LogP contribution is -2.07. The van der Waals surface area contributed by atoms with E-state index < -0.39 is 11.7 Å². The lowest BCUT2D eigenvalue weighted by molar-refractivity contribution is -0.137. The highest BCUT2D eigenvalue weighted by molar-refractivity contribution is 5.27. The van der Waals surface area contributed by atoms with Gasteiger partial charge in [-0.3, -0.25) is 4.68 Å². The van der Waals surface area contributed by atoms with Crippen LogP contribution in [0.15, 0.2) is 36.5 Å². The molecule has 6 heteroatoms. The molecule has 2 rings (SSSR count). The number of hydrogen-bond acceptors (Lipinski definition) is 2. The number of nitrogens with zero attached hydrogens (tertiary/aromatic N) is 2. The molecule has 0 aliphatic carbocycles. The highest BCUT2D eigenvalue weighted by Crippen LogP contribution is 2.29. The third-order valence-electron chi connectivity index (χ3n) is 2.26. The van der Waals surface area contributed by atoms with Crippen molar-refractivity contribution < 1.29 is 13.2 Å². The lowest BCUT2D eigenvalue weighted by atomic mass is 10.1. The normalized spacial score (nSPS) is 11.7. The van der Waals surface area contributed by atoms with Crippen LogP contribution in [0.5, 0.6) is 0 Å². The molecule has 3 nitrogen and oxygen atoms in total. The molecule has 0 saturated heterocycles. The molecule has 0 radical (unpaired) electrons. The molecule has 2 aromatic rings. The lowest BCUT2D eigenvalue weighted by Gasteiger charge is -2.08. The quantitative estimate of drug-likeness (QED) is 0.878. The van der Waals surface area contributed by atoms with Gasteiger partial charge in [-0.1, -0.05) is 12.1 Å². The van der Waals surface area contributed by atoms with Gasteiger partial charge in [0, 0.05) is 6.20 Å². The smallest absolute Gasteiger partial charge is 0.382 e. The summed E-state index contributed by atoms with van der Waals surface area (Å²) in [6, 6.07) is 6.74. The maximum atomic E-state index is 12.5. The summed E-state index contributed by atoms with van der Waals surface area (Å²) < 4.78 is 38.9. The first-order valence-corrected chi connectivity index (χ1v) is 4.90. The zero-order chi connectivity index (χ0) is 12.5. The van der Waals surface area contributed by atoms with Crippen LogP contribution in [0.1, 0.15) is 11.1 Å². The van der Waals surface area contributed by atoms with Gasteiger partial charge in [0.25, 0.3) is 0 Å². The molecule has 90 valence electrons. The van der Waals surface area contributed by atoms with E-state index in [1.54, 1.807) is 18.3 Å². The molecule has 1 aromatic heterocycles. The molecule has 0 atom stereocenters. The van der Waals surface area contributed by atoms with Crippen molar-refractivity contribution in [3.63, 3.8) is 0 Å². The summed E-state index contributed by atoms with van der Waals surface area (Å²) in [6.45, 7) is 0.265. The van der Waals surface area contributed by atoms with Gasteiger partial charge in [0.05, 0.1) is 12.1 Å². The molecular weight excluding hydrogens is 231 g/mol. The largest absolute Gasteiger partial charge is 0.416 e. The van der Waals surface area contributed by atoms with Gasteiger partial charge in [0.15, 0.2) is 0 Å². The van der Waals surface area contributed by atoms with E-state index in [1.165, 1.54) is 10.7 Å². The van der Waals surface area contributed by atoms with Gasteiger partial charge < -0.3 is 5.73 Å². The van der Waals surface area contributed by atoms with Crippen LogP contribution in [0.2, 0.25) is 0 Å². The van der Waals surface area contributed by atoms with Crippen LogP contribution in [-0.4, -0.2) is 9.78 Å². The minimum absolute atomic E-state index is 0.265. The summed E-state index contributed by atoms with van der Waals surface area (Å²) in [5, 5.41) is 3.91. The molecule has 0 aliphatic heterocycles. The Balaban J connectivity index is 2.22. The molecule has 1 heterocycles. The van der Waals surface area contributed by atoms with Crippen LogP contribution in [-0.2, 0) is 12.7 Å². The number of hydrogen-bond donors (Lipinski definition) is 1. The standard InChI is InChI=1S/C11H10F3N3/c12-11(13,14)9-3-1-2-8(6-9)7-17-5-4-10(15)16-17/h1-6H,7H2,(H2,15,16). The number of rotatable bonds is 2. The average Bonchev–Trinajstić information content (AvgIpc) is 2.63. The summed E-state index contributed by atoms with van der Waals surface area (Å²) in [5.74, 6) is 0.344. The predicted molar refractivity (Wildman–Crippen MR) is 57.2 cm³/mol. The van der Waals surface area contributed by atoms with Crippen molar-refractivity contribution >= 4 is 5.82 Å². The minimum atomic E-state index is -4.32. The number of benzene rings is 1. The van der Waals surface area contributed by atoms with Gasteiger partial charge in [-0.15, -0.1) is 0 Å². The minimum Gasteiger partial charge on any atom is -0.382 e. The first-order valence-electron chi connectivity index (χ1n) is 4.90. The Kier molecular flexibility index (Phi) is 2.79. The van der Waals surface area contributed by atoms with E-state index in [-0.39, 0.29) is 6.54 Å². The summed E-state index contributed by atoms with van der Waals surface area (Å²) in [5.41, 5.74) is 5.29. The molecular formula is C11H10F3N3.